The second kappa shape index (κ2) is 5.50. The first kappa shape index (κ1) is 14.1. The highest BCUT2D eigenvalue weighted by Gasteiger charge is 2.42. The molecule has 3 rings (SSSR count). The number of nitrogens with one attached hydrogen (secondary N) is 2. The lowest BCUT2D eigenvalue weighted by Gasteiger charge is -2.38. The molecule has 0 aromatic carbocycles. The zero-order valence-electron chi connectivity index (χ0n) is 12.9. The van der Waals surface area contributed by atoms with E-state index < -0.39 is 0 Å². The number of hydrogen-bond donors (Lipinski definition) is 2. The van der Waals surface area contributed by atoms with Gasteiger partial charge in [0.05, 0.1) is 12.0 Å². The van der Waals surface area contributed by atoms with Crippen LogP contribution in [0.15, 0.2) is 6.33 Å². The van der Waals surface area contributed by atoms with Crippen LogP contribution < -0.4 is 15.5 Å². The molecule has 0 bridgehead atoms. The van der Waals surface area contributed by atoms with Gasteiger partial charge in [-0.15, -0.1) is 0 Å². The Morgan fingerprint density at radius 2 is 2.24 bits per heavy atom. The van der Waals surface area contributed by atoms with Gasteiger partial charge in [0.2, 0.25) is 5.91 Å². The molecule has 2 unspecified atom stereocenters. The maximum absolute atomic E-state index is 11.9. The molecular formula is C15H23N5O. The molecule has 1 aromatic rings. The Balaban J connectivity index is 2.01. The van der Waals surface area contributed by atoms with Crippen LogP contribution in [0.5, 0.6) is 0 Å². The van der Waals surface area contributed by atoms with E-state index in [0.717, 1.165) is 43.1 Å². The highest BCUT2D eigenvalue weighted by Crippen LogP contribution is 2.36. The zero-order valence-corrected chi connectivity index (χ0v) is 12.9. The maximum Gasteiger partial charge on any atom is 0.225 e. The summed E-state index contributed by atoms with van der Waals surface area (Å²) in [4.78, 5) is 23.2. The minimum Gasteiger partial charge on any atom is -0.373 e. The Labute approximate surface area is 125 Å². The number of rotatable bonds is 3. The Kier molecular flexibility index (Phi) is 3.69. The van der Waals surface area contributed by atoms with E-state index >= 15 is 0 Å². The Morgan fingerprint density at radius 1 is 1.43 bits per heavy atom. The quantitative estimate of drug-likeness (QED) is 0.879. The molecule has 2 N–H and O–H groups in total. The monoisotopic (exact) mass is 289 g/mol. The van der Waals surface area contributed by atoms with Gasteiger partial charge in [-0.05, 0) is 18.8 Å². The standard InChI is InChI=1S/C15H23N5O/c1-9(2)12-13(16-3)18-8-19-14(12)20-6-4-5-10-11(20)7-17-15(10)21/h8-11H,4-7H2,1-3H3,(H,17,21)(H,16,18,19). The fraction of sp³-hybridized carbons (Fsp3) is 0.667. The van der Waals surface area contributed by atoms with Crippen molar-refractivity contribution in [3.8, 4) is 0 Å². The second-order valence-corrected chi connectivity index (χ2v) is 6.12. The Hall–Kier alpha value is -1.85. The SMILES string of the molecule is CNc1ncnc(N2CCCC3C(=O)NCC32)c1C(C)C. The van der Waals surface area contributed by atoms with Crippen molar-refractivity contribution in [1.29, 1.82) is 0 Å². The lowest BCUT2D eigenvalue weighted by molar-refractivity contribution is -0.122. The van der Waals surface area contributed by atoms with Crippen molar-refractivity contribution in [2.75, 3.05) is 30.4 Å². The van der Waals surface area contributed by atoms with Gasteiger partial charge in [0.25, 0.3) is 0 Å². The van der Waals surface area contributed by atoms with Crippen LogP contribution in [0.25, 0.3) is 0 Å². The third kappa shape index (κ3) is 2.32. The Bertz CT molecular complexity index is 545. The van der Waals surface area contributed by atoms with Crippen molar-refractivity contribution < 1.29 is 4.79 Å². The number of fused-ring (bicyclic) bond motifs is 1. The topological polar surface area (TPSA) is 70.2 Å². The molecular weight excluding hydrogens is 266 g/mol. The average molecular weight is 289 g/mol. The summed E-state index contributed by atoms with van der Waals surface area (Å²) in [6.45, 7) is 5.99. The first-order chi connectivity index (χ1) is 10.1. The van der Waals surface area contributed by atoms with Gasteiger partial charge in [-0.1, -0.05) is 13.8 Å². The van der Waals surface area contributed by atoms with Gasteiger partial charge in [-0.3, -0.25) is 4.79 Å². The van der Waals surface area contributed by atoms with Gasteiger partial charge in [0.15, 0.2) is 0 Å². The summed E-state index contributed by atoms with van der Waals surface area (Å²) in [6.07, 6.45) is 3.62. The predicted molar refractivity (Wildman–Crippen MR) is 82.5 cm³/mol. The van der Waals surface area contributed by atoms with E-state index in [1.54, 1.807) is 6.33 Å². The van der Waals surface area contributed by atoms with Crippen LogP contribution in [-0.2, 0) is 4.79 Å². The van der Waals surface area contributed by atoms with Gasteiger partial charge in [-0.25, -0.2) is 9.97 Å². The second-order valence-electron chi connectivity index (χ2n) is 6.12. The van der Waals surface area contributed by atoms with Gasteiger partial charge < -0.3 is 15.5 Å². The predicted octanol–water partition coefficient (Wildman–Crippen LogP) is 1.36. The number of aromatic nitrogens is 2. The van der Waals surface area contributed by atoms with E-state index in [0.29, 0.717) is 5.92 Å². The fourth-order valence-corrected chi connectivity index (χ4v) is 3.56. The first-order valence-electron chi connectivity index (χ1n) is 7.70. The summed E-state index contributed by atoms with van der Waals surface area (Å²) in [5, 5.41) is 6.16. The van der Waals surface area contributed by atoms with Crippen LogP contribution in [0.4, 0.5) is 11.6 Å². The maximum atomic E-state index is 11.9. The molecule has 6 nitrogen and oxygen atoms in total. The van der Waals surface area contributed by atoms with E-state index in [9.17, 15) is 4.79 Å². The van der Waals surface area contributed by atoms with E-state index in [1.165, 1.54) is 0 Å². The number of amides is 1. The lowest BCUT2D eigenvalue weighted by atomic mass is 9.90. The summed E-state index contributed by atoms with van der Waals surface area (Å²) in [6, 6.07) is 0.225. The molecule has 6 heteroatoms. The van der Waals surface area contributed by atoms with E-state index in [-0.39, 0.29) is 17.9 Å². The molecule has 2 aliphatic heterocycles. The van der Waals surface area contributed by atoms with Gasteiger partial charge in [-0.2, -0.15) is 0 Å². The minimum absolute atomic E-state index is 0.103. The van der Waals surface area contributed by atoms with Crippen molar-refractivity contribution in [2.24, 2.45) is 5.92 Å². The molecule has 2 atom stereocenters. The number of piperidine rings is 1. The average Bonchev–Trinajstić information content (AvgIpc) is 2.88. The van der Waals surface area contributed by atoms with Crippen molar-refractivity contribution >= 4 is 17.5 Å². The molecule has 3 heterocycles. The molecule has 0 saturated carbocycles. The number of carbonyl (C=O) groups is 1. The molecule has 2 fully saturated rings. The van der Waals surface area contributed by atoms with Crippen LogP contribution in [-0.4, -0.2) is 42.1 Å². The molecule has 0 radical (unpaired) electrons. The van der Waals surface area contributed by atoms with E-state index in [1.807, 2.05) is 7.05 Å². The number of hydrogen-bond acceptors (Lipinski definition) is 5. The highest BCUT2D eigenvalue weighted by atomic mass is 16.2. The summed E-state index contributed by atoms with van der Waals surface area (Å²) < 4.78 is 0. The Morgan fingerprint density at radius 3 is 2.95 bits per heavy atom. The molecule has 114 valence electrons. The van der Waals surface area contributed by atoms with Crippen LogP contribution >= 0.6 is 0 Å². The van der Waals surface area contributed by atoms with Crippen molar-refractivity contribution in [1.82, 2.24) is 15.3 Å². The summed E-state index contributed by atoms with van der Waals surface area (Å²) in [5.74, 6) is 2.49. The van der Waals surface area contributed by atoms with Crippen molar-refractivity contribution in [2.45, 2.75) is 38.6 Å². The van der Waals surface area contributed by atoms with Crippen LogP contribution in [0.3, 0.4) is 0 Å². The highest BCUT2D eigenvalue weighted by molar-refractivity contribution is 5.83. The smallest absolute Gasteiger partial charge is 0.225 e. The van der Waals surface area contributed by atoms with Crippen molar-refractivity contribution in [3.63, 3.8) is 0 Å². The van der Waals surface area contributed by atoms with Crippen LogP contribution in [0, 0.1) is 5.92 Å². The molecule has 0 aliphatic carbocycles. The van der Waals surface area contributed by atoms with Crippen molar-refractivity contribution in [3.05, 3.63) is 11.9 Å². The minimum atomic E-state index is 0.103. The first-order valence-corrected chi connectivity index (χ1v) is 7.70. The van der Waals surface area contributed by atoms with Crippen LogP contribution in [0.1, 0.15) is 38.2 Å². The molecule has 1 amide bonds. The summed E-state index contributed by atoms with van der Waals surface area (Å²) >= 11 is 0. The summed E-state index contributed by atoms with van der Waals surface area (Å²) in [5.41, 5.74) is 1.14. The molecule has 2 aliphatic rings. The van der Waals surface area contributed by atoms with E-state index in [4.69, 9.17) is 0 Å². The number of nitrogens with zero attached hydrogens (tertiary/aromatic N) is 3. The molecule has 0 spiro atoms. The van der Waals surface area contributed by atoms with Gasteiger partial charge in [0, 0.05) is 25.7 Å². The third-order valence-electron chi connectivity index (χ3n) is 4.55. The van der Waals surface area contributed by atoms with Gasteiger partial charge >= 0.3 is 0 Å². The van der Waals surface area contributed by atoms with E-state index in [2.05, 4.69) is 39.3 Å². The largest absolute Gasteiger partial charge is 0.373 e. The molecule has 1 aromatic heterocycles. The molecule has 2 saturated heterocycles. The lowest BCUT2D eigenvalue weighted by Crippen LogP contribution is -2.46. The number of carbonyl (C=O) groups excluding carboxylic acids is 1. The fourth-order valence-electron chi connectivity index (χ4n) is 3.56. The third-order valence-corrected chi connectivity index (χ3v) is 4.55. The zero-order chi connectivity index (χ0) is 15.0. The van der Waals surface area contributed by atoms with Crippen LogP contribution in [0.2, 0.25) is 0 Å². The summed E-state index contributed by atoms with van der Waals surface area (Å²) in [7, 11) is 1.89. The number of anilines is 2. The van der Waals surface area contributed by atoms with Gasteiger partial charge in [0.1, 0.15) is 18.0 Å². The normalized spacial score (nSPS) is 25.0. The molecule has 21 heavy (non-hydrogen) atoms.